The van der Waals surface area contributed by atoms with Gasteiger partial charge < -0.3 is 9.15 Å². The highest BCUT2D eigenvalue weighted by molar-refractivity contribution is 5.67. The molecule has 0 saturated heterocycles. The molecule has 0 spiro atoms. The van der Waals surface area contributed by atoms with E-state index in [1.165, 1.54) is 0 Å². The average Bonchev–Trinajstić information content (AvgIpc) is 3.03. The van der Waals surface area contributed by atoms with E-state index in [0.717, 1.165) is 22.6 Å². The number of hydrogen-bond acceptors (Lipinski definition) is 3. The van der Waals surface area contributed by atoms with Crippen molar-refractivity contribution in [3.05, 3.63) is 72.2 Å². The summed E-state index contributed by atoms with van der Waals surface area (Å²) in [6.07, 6.45) is 5.57. The van der Waals surface area contributed by atoms with Crippen molar-refractivity contribution < 1.29 is 9.15 Å². The molecule has 0 fully saturated rings. The Balaban J connectivity index is 1.78. The molecule has 0 amide bonds. The molecule has 0 aliphatic rings. The van der Waals surface area contributed by atoms with Crippen LogP contribution in [0.2, 0.25) is 0 Å². The van der Waals surface area contributed by atoms with Crippen LogP contribution in [0.25, 0.3) is 23.5 Å². The van der Waals surface area contributed by atoms with Crippen LogP contribution in [0.1, 0.15) is 11.5 Å². The fourth-order valence-electron chi connectivity index (χ4n) is 1.99. The number of aromatic nitrogens is 1. The molecule has 0 N–H and O–H groups in total. The summed E-state index contributed by atoms with van der Waals surface area (Å²) in [5.74, 6) is 2.15. The maximum absolute atomic E-state index is 5.73. The normalized spacial score (nSPS) is 10.9. The molecule has 21 heavy (non-hydrogen) atoms. The summed E-state index contributed by atoms with van der Waals surface area (Å²) >= 11 is 0. The van der Waals surface area contributed by atoms with E-state index < -0.39 is 0 Å². The van der Waals surface area contributed by atoms with Gasteiger partial charge in [-0.25, -0.2) is 4.98 Å². The summed E-state index contributed by atoms with van der Waals surface area (Å²) in [7, 11) is 1.65. The first-order valence-corrected chi connectivity index (χ1v) is 6.68. The predicted molar refractivity (Wildman–Crippen MR) is 83.9 cm³/mol. The molecule has 3 nitrogen and oxygen atoms in total. The van der Waals surface area contributed by atoms with Crippen molar-refractivity contribution in [3.63, 3.8) is 0 Å². The zero-order chi connectivity index (χ0) is 14.5. The second kappa shape index (κ2) is 6.09. The Morgan fingerprint density at radius 2 is 1.71 bits per heavy atom. The summed E-state index contributed by atoms with van der Waals surface area (Å²) < 4.78 is 10.9. The lowest BCUT2D eigenvalue weighted by molar-refractivity contribution is 0.415. The van der Waals surface area contributed by atoms with Gasteiger partial charge in [0.1, 0.15) is 5.75 Å². The van der Waals surface area contributed by atoms with Crippen LogP contribution in [0.3, 0.4) is 0 Å². The smallest absolute Gasteiger partial charge is 0.219 e. The minimum Gasteiger partial charge on any atom is -0.497 e. The quantitative estimate of drug-likeness (QED) is 0.703. The highest BCUT2D eigenvalue weighted by Gasteiger charge is 2.04. The van der Waals surface area contributed by atoms with E-state index in [1.807, 2.05) is 66.7 Å². The third-order valence-corrected chi connectivity index (χ3v) is 3.12. The summed E-state index contributed by atoms with van der Waals surface area (Å²) in [6, 6.07) is 17.7. The topological polar surface area (TPSA) is 35.3 Å². The third-order valence-electron chi connectivity index (χ3n) is 3.12. The molecule has 0 aliphatic heterocycles. The van der Waals surface area contributed by atoms with Crippen molar-refractivity contribution in [2.45, 2.75) is 0 Å². The molecule has 3 rings (SSSR count). The SMILES string of the molecule is COc1ccc(-c2cnc(/C=C/c3ccccc3)o2)cc1. The minimum absolute atomic E-state index is 0.588. The van der Waals surface area contributed by atoms with Gasteiger partial charge in [-0.15, -0.1) is 0 Å². The Bertz CT molecular complexity index is 727. The lowest BCUT2D eigenvalue weighted by Gasteiger charge is -1.99. The summed E-state index contributed by atoms with van der Waals surface area (Å²) in [5, 5.41) is 0. The predicted octanol–water partition coefficient (Wildman–Crippen LogP) is 4.52. The van der Waals surface area contributed by atoms with Gasteiger partial charge >= 0.3 is 0 Å². The Labute approximate surface area is 123 Å². The standard InChI is InChI=1S/C18H15NO2/c1-20-16-10-8-15(9-11-16)17-13-19-18(21-17)12-7-14-5-3-2-4-6-14/h2-13H,1H3/b12-7+. The number of benzene rings is 2. The van der Waals surface area contributed by atoms with Crippen molar-refractivity contribution in [2.24, 2.45) is 0 Å². The number of ether oxygens (including phenoxy) is 1. The van der Waals surface area contributed by atoms with Gasteiger partial charge in [0.2, 0.25) is 5.89 Å². The fourth-order valence-corrected chi connectivity index (χ4v) is 1.99. The Hall–Kier alpha value is -2.81. The van der Waals surface area contributed by atoms with Crippen LogP contribution < -0.4 is 4.74 Å². The first-order valence-electron chi connectivity index (χ1n) is 6.68. The summed E-state index contributed by atoms with van der Waals surface area (Å²) in [6.45, 7) is 0. The van der Waals surface area contributed by atoms with E-state index in [2.05, 4.69) is 4.98 Å². The van der Waals surface area contributed by atoms with Crippen LogP contribution in [0.15, 0.2) is 65.2 Å². The average molecular weight is 277 g/mol. The van der Waals surface area contributed by atoms with Gasteiger partial charge in [0.15, 0.2) is 5.76 Å². The fraction of sp³-hybridized carbons (Fsp3) is 0.0556. The molecule has 0 aliphatic carbocycles. The minimum atomic E-state index is 0.588. The lowest BCUT2D eigenvalue weighted by Crippen LogP contribution is -1.81. The van der Waals surface area contributed by atoms with Gasteiger partial charge in [0.05, 0.1) is 13.3 Å². The van der Waals surface area contributed by atoms with Crippen molar-refractivity contribution in [1.29, 1.82) is 0 Å². The molecular formula is C18H15NO2. The Morgan fingerprint density at radius 1 is 0.952 bits per heavy atom. The first kappa shape index (κ1) is 13.2. The van der Waals surface area contributed by atoms with Crippen molar-refractivity contribution in [1.82, 2.24) is 4.98 Å². The second-order valence-electron chi connectivity index (χ2n) is 4.54. The van der Waals surface area contributed by atoms with Crippen LogP contribution in [-0.4, -0.2) is 12.1 Å². The second-order valence-corrected chi connectivity index (χ2v) is 4.54. The molecule has 2 aromatic carbocycles. The molecule has 1 aromatic heterocycles. The Morgan fingerprint density at radius 3 is 2.43 bits per heavy atom. The van der Waals surface area contributed by atoms with Gasteiger partial charge in [-0.05, 0) is 35.9 Å². The molecule has 0 radical (unpaired) electrons. The first-order chi connectivity index (χ1) is 10.3. The van der Waals surface area contributed by atoms with E-state index in [1.54, 1.807) is 13.3 Å². The molecule has 3 aromatic rings. The largest absolute Gasteiger partial charge is 0.497 e. The van der Waals surface area contributed by atoms with Gasteiger partial charge in [-0.3, -0.25) is 0 Å². The molecular weight excluding hydrogens is 262 g/mol. The van der Waals surface area contributed by atoms with Gasteiger partial charge in [-0.2, -0.15) is 0 Å². The third kappa shape index (κ3) is 3.20. The molecule has 1 heterocycles. The molecule has 0 unspecified atom stereocenters. The molecule has 3 heteroatoms. The van der Waals surface area contributed by atoms with Crippen molar-refractivity contribution >= 4 is 12.2 Å². The number of oxazole rings is 1. The summed E-state index contributed by atoms with van der Waals surface area (Å²) in [5.41, 5.74) is 2.09. The van der Waals surface area contributed by atoms with E-state index >= 15 is 0 Å². The maximum Gasteiger partial charge on any atom is 0.219 e. The lowest BCUT2D eigenvalue weighted by atomic mass is 10.2. The van der Waals surface area contributed by atoms with E-state index in [-0.39, 0.29) is 0 Å². The molecule has 104 valence electrons. The van der Waals surface area contributed by atoms with Crippen LogP contribution in [0.4, 0.5) is 0 Å². The van der Waals surface area contributed by atoms with Gasteiger partial charge in [0, 0.05) is 11.6 Å². The van der Waals surface area contributed by atoms with Crippen molar-refractivity contribution in [2.75, 3.05) is 7.11 Å². The Kier molecular flexibility index (Phi) is 3.83. The van der Waals surface area contributed by atoms with Crippen LogP contribution in [0, 0.1) is 0 Å². The zero-order valence-corrected chi connectivity index (χ0v) is 11.7. The van der Waals surface area contributed by atoms with Crippen LogP contribution in [0.5, 0.6) is 5.75 Å². The number of hydrogen-bond donors (Lipinski definition) is 0. The monoisotopic (exact) mass is 277 g/mol. The van der Waals surface area contributed by atoms with E-state index in [9.17, 15) is 0 Å². The number of nitrogens with zero attached hydrogens (tertiary/aromatic N) is 1. The number of rotatable bonds is 4. The highest BCUT2D eigenvalue weighted by Crippen LogP contribution is 2.23. The van der Waals surface area contributed by atoms with Gasteiger partial charge in [-0.1, -0.05) is 30.3 Å². The van der Waals surface area contributed by atoms with E-state index in [4.69, 9.17) is 9.15 Å². The molecule has 0 atom stereocenters. The molecule has 0 saturated carbocycles. The van der Waals surface area contributed by atoms with Gasteiger partial charge in [0.25, 0.3) is 0 Å². The highest BCUT2D eigenvalue weighted by atomic mass is 16.5. The maximum atomic E-state index is 5.73. The van der Waals surface area contributed by atoms with Crippen LogP contribution >= 0.6 is 0 Å². The van der Waals surface area contributed by atoms with Crippen LogP contribution in [-0.2, 0) is 0 Å². The molecule has 0 bridgehead atoms. The number of methoxy groups -OCH3 is 1. The summed E-state index contributed by atoms with van der Waals surface area (Å²) in [4.78, 5) is 4.27. The van der Waals surface area contributed by atoms with Crippen molar-refractivity contribution in [3.8, 4) is 17.1 Å². The zero-order valence-electron chi connectivity index (χ0n) is 11.7. The van der Waals surface area contributed by atoms with E-state index in [0.29, 0.717) is 5.89 Å².